The van der Waals surface area contributed by atoms with Crippen LogP contribution in [0.4, 0.5) is 8.78 Å². The molecule has 0 radical (unpaired) electrons. The summed E-state index contributed by atoms with van der Waals surface area (Å²) in [5.41, 5.74) is 0.0307. The molecule has 7 heteroatoms. The van der Waals surface area contributed by atoms with Crippen molar-refractivity contribution in [3.05, 3.63) is 35.4 Å². The molecular formula is C18H24F2N2O3. The van der Waals surface area contributed by atoms with Gasteiger partial charge in [-0.25, -0.2) is 8.78 Å². The zero-order valence-electron chi connectivity index (χ0n) is 14.5. The van der Waals surface area contributed by atoms with Gasteiger partial charge in [0.05, 0.1) is 19.8 Å². The van der Waals surface area contributed by atoms with E-state index in [1.807, 2.05) is 0 Å². The SMILES string of the molecule is COCCN1C[C@]2(COCCN(Cc3cc(F)ccc3F)C2)CC1=O. The van der Waals surface area contributed by atoms with Gasteiger partial charge in [0, 0.05) is 57.2 Å². The van der Waals surface area contributed by atoms with Gasteiger partial charge in [-0.3, -0.25) is 9.69 Å². The summed E-state index contributed by atoms with van der Waals surface area (Å²) in [6.07, 6.45) is 0.416. The third kappa shape index (κ3) is 4.34. The van der Waals surface area contributed by atoms with Crippen LogP contribution in [0.15, 0.2) is 18.2 Å². The highest BCUT2D eigenvalue weighted by atomic mass is 19.1. The summed E-state index contributed by atoms with van der Waals surface area (Å²) in [7, 11) is 1.61. The van der Waals surface area contributed by atoms with Crippen LogP contribution in [-0.2, 0) is 20.8 Å². The van der Waals surface area contributed by atoms with Gasteiger partial charge in [0.15, 0.2) is 0 Å². The maximum absolute atomic E-state index is 14.0. The van der Waals surface area contributed by atoms with Crippen molar-refractivity contribution in [1.82, 2.24) is 9.80 Å². The monoisotopic (exact) mass is 354 g/mol. The van der Waals surface area contributed by atoms with Gasteiger partial charge in [0.2, 0.25) is 5.91 Å². The molecule has 2 aliphatic heterocycles. The van der Waals surface area contributed by atoms with Gasteiger partial charge in [0.25, 0.3) is 0 Å². The quantitative estimate of drug-likeness (QED) is 0.807. The Hall–Kier alpha value is -1.57. The average molecular weight is 354 g/mol. The molecule has 1 atom stereocenters. The lowest BCUT2D eigenvalue weighted by Crippen LogP contribution is -2.41. The first-order valence-electron chi connectivity index (χ1n) is 8.52. The van der Waals surface area contributed by atoms with Crippen molar-refractivity contribution in [2.24, 2.45) is 5.41 Å². The molecule has 2 heterocycles. The number of rotatable bonds is 5. The first-order valence-corrected chi connectivity index (χ1v) is 8.52. The normalized spacial score (nSPS) is 24.9. The molecule has 1 amide bonds. The second-order valence-electron chi connectivity index (χ2n) is 6.98. The van der Waals surface area contributed by atoms with Gasteiger partial charge in [-0.2, -0.15) is 0 Å². The minimum atomic E-state index is -0.445. The fraction of sp³-hybridized carbons (Fsp3) is 0.611. The van der Waals surface area contributed by atoms with Crippen molar-refractivity contribution in [1.29, 1.82) is 0 Å². The van der Waals surface area contributed by atoms with Crippen LogP contribution in [0.5, 0.6) is 0 Å². The molecule has 5 nitrogen and oxygen atoms in total. The number of halogens is 2. The number of benzene rings is 1. The van der Waals surface area contributed by atoms with Gasteiger partial charge < -0.3 is 14.4 Å². The number of hydrogen-bond acceptors (Lipinski definition) is 4. The van der Waals surface area contributed by atoms with Gasteiger partial charge in [-0.1, -0.05) is 0 Å². The van der Waals surface area contributed by atoms with Crippen molar-refractivity contribution < 1.29 is 23.0 Å². The Kier molecular flexibility index (Phi) is 5.66. The maximum Gasteiger partial charge on any atom is 0.223 e. The summed E-state index contributed by atoms with van der Waals surface area (Å²) < 4.78 is 38.2. The van der Waals surface area contributed by atoms with E-state index in [9.17, 15) is 13.6 Å². The molecule has 0 N–H and O–H groups in total. The average Bonchev–Trinajstić information content (AvgIpc) is 2.74. The molecule has 0 aliphatic carbocycles. The highest BCUT2D eigenvalue weighted by Crippen LogP contribution is 2.34. The van der Waals surface area contributed by atoms with Crippen LogP contribution >= 0.6 is 0 Å². The first kappa shape index (κ1) is 18.2. The Morgan fingerprint density at radius 3 is 2.96 bits per heavy atom. The number of carbonyl (C=O) groups is 1. The van der Waals surface area contributed by atoms with Crippen LogP contribution in [0.2, 0.25) is 0 Å². The molecule has 3 rings (SSSR count). The van der Waals surface area contributed by atoms with E-state index in [-0.39, 0.29) is 11.3 Å². The molecule has 1 aromatic rings. The molecule has 1 aromatic carbocycles. The molecule has 1 spiro atoms. The van der Waals surface area contributed by atoms with Gasteiger partial charge >= 0.3 is 0 Å². The van der Waals surface area contributed by atoms with E-state index in [2.05, 4.69) is 4.90 Å². The Balaban J connectivity index is 1.71. The molecule has 0 aromatic heterocycles. The number of likely N-dealkylation sites (tertiary alicyclic amines) is 1. The number of hydrogen-bond donors (Lipinski definition) is 0. The van der Waals surface area contributed by atoms with E-state index >= 15 is 0 Å². The minimum Gasteiger partial charge on any atom is -0.383 e. The molecule has 0 saturated carbocycles. The predicted molar refractivity (Wildman–Crippen MR) is 88.0 cm³/mol. The van der Waals surface area contributed by atoms with Crippen LogP contribution in [0.25, 0.3) is 0 Å². The van der Waals surface area contributed by atoms with Crippen molar-refractivity contribution in [2.45, 2.75) is 13.0 Å². The summed E-state index contributed by atoms with van der Waals surface area (Å²) in [5, 5.41) is 0. The molecule has 0 unspecified atom stereocenters. The summed E-state index contributed by atoms with van der Waals surface area (Å²) in [6, 6.07) is 3.51. The van der Waals surface area contributed by atoms with Crippen LogP contribution in [0.1, 0.15) is 12.0 Å². The standard InChI is InChI=1S/C18H24F2N2O3/c1-24-6-5-22-12-18(9-17(22)23)11-21(4-7-25-13-18)10-14-8-15(19)2-3-16(14)20/h2-3,8H,4-7,9-13H2,1H3/t18-/m0/s1. The Bertz CT molecular complexity index is 628. The van der Waals surface area contributed by atoms with Gasteiger partial charge in [-0.15, -0.1) is 0 Å². The van der Waals surface area contributed by atoms with E-state index in [1.165, 1.54) is 6.07 Å². The van der Waals surface area contributed by atoms with Crippen LogP contribution in [-0.4, -0.2) is 68.8 Å². The Labute approximate surface area is 146 Å². The van der Waals surface area contributed by atoms with Crippen molar-refractivity contribution in [2.75, 3.05) is 53.1 Å². The minimum absolute atomic E-state index is 0.0967. The predicted octanol–water partition coefficient (Wildman–Crippen LogP) is 1.66. The zero-order chi connectivity index (χ0) is 17.9. The highest BCUT2D eigenvalue weighted by molar-refractivity contribution is 5.79. The second kappa shape index (κ2) is 7.76. The summed E-state index contributed by atoms with van der Waals surface area (Å²) in [4.78, 5) is 16.2. The van der Waals surface area contributed by atoms with E-state index in [0.29, 0.717) is 64.5 Å². The van der Waals surface area contributed by atoms with E-state index in [0.717, 1.165) is 12.1 Å². The fourth-order valence-corrected chi connectivity index (χ4v) is 3.71. The lowest BCUT2D eigenvalue weighted by molar-refractivity contribution is -0.128. The summed E-state index contributed by atoms with van der Waals surface area (Å²) in [6.45, 7) is 4.26. The molecule has 25 heavy (non-hydrogen) atoms. The van der Waals surface area contributed by atoms with Crippen LogP contribution in [0, 0.1) is 17.0 Å². The fourth-order valence-electron chi connectivity index (χ4n) is 3.71. The molecule has 2 saturated heterocycles. The van der Waals surface area contributed by atoms with Crippen molar-refractivity contribution in [3.8, 4) is 0 Å². The summed E-state index contributed by atoms with van der Waals surface area (Å²) >= 11 is 0. The topological polar surface area (TPSA) is 42.0 Å². The molecule has 0 bridgehead atoms. The van der Waals surface area contributed by atoms with Gasteiger partial charge in [-0.05, 0) is 18.2 Å². The molecular weight excluding hydrogens is 330 g/mol. The van der Waals surface area contributed by atoms with E-state index in [4.69, 9.17) is 9.47 Å². The van der Waals surface area contributed by atoms with Crippen LogP contribution in [0.3, 0.4) is 0 Å². The molecule has 2 aliphatic rings. The highest BCUT2D eigenvalue weighted by Gasteiger charge is 2.45. The Morgan fingerprint density at radius 1 is 1.32 bits per heavy atom. The smallest absolute Gasteiger partial charge is 0.223 e. The maximum atomic E-state index is 14.0. The third-order valence-electron chi connectivity index (χ3n) is 4.89. The lowest BCUT2D eigenvalue weighted by Gasteiger charge is -2.31. The molecule has 2 fully saturated rings. The van der Waals surface area contributed by atoms with E-state index in [1.54, 1.807) is 12.0 Å². The second-order valence-corrected chi connectivity index (χ2v) is 6.98. The van der Waals surface area contributed by atoms with Crippen molar-refractivity contribution >= 4 is 5.91 Å². The number of methoxy groups -OCH3 is 1. The van der Waals surface area contributed by atoms with Crippen molar-refractivity contribution in [3.63, 3.8) is 0 Å². The zero-order valence-corrected chi connectivity index (χ0v) is 14.5. The number of amides is 1. The number of ether oxygens (including phenoxy) is 2. The largest absolute Gasteiger partial charge is 0.383 e. The Morgan fingerprint density at radius 2 is 2.16 bits per heavy atom. The number of carbonyl (C=O) groups excluding carboxylic acids is 1. The molecule has 138 valence electrons. The van der Waals surface area contributed by atoms with Crippen LogP contribution < -0.4 is 0 Å². The lowest BCUT2D eigenvalue weighted by atomic mass is 9.87. The number of nitrogens with zero attached hydrogens (tertiary/aromatic N) is 2. The van der Waals surface area contributed by atoms with Gasteiger partial charge in [0.1, 0.15) is 11.6 Å². The first-order chi connectivity index (χ1) is 12.0. The third-order valence-corrected chi connectivity index (χ3v) is 4.89. The van der Waals surface area contributed by atoms with E-state index < -0.39 is 11.6 Å². The summed E-state index contributed by atoms with van der Waals surface area (Å²) in [5.74, 6) is -0.761.